The van der Waals surface area contributed by atoms with Crippen molar-refractivity contribution in [2.24, 2.45) is 0 Å². The third-order valence-electron chi connectivity index (χ3n) is 4.80. The van der Waals surface area contributed by atoms with Crippen LogP contribution in [0.3, 0.4) is 0 Å². The Kier molecular flexibility index (Phi) is 6.08. The fourth-order valence-electron chi connectivity index (χ4n) is 3.22. The third-order valence-corrected chi connectivity index (χ3v) is 5.84. The van der Waals surface area contributed by atoms with Gasteiger partial charge in [-0.2, -0.15) is 5.10 Å². The highest BCUT2D eigenvalue weighted by Gasteiger charge is 2.22. The van der Waals surface area contributed by atoms with Gasteiger partial charge < -0.3 is 4.74 Å². The number of anilines is 1. The average molecular weight is 435 g/mol. The van der Waals surface area contributed by atoms with Gasteiger partial charge >= 0.3 is 0 Å². The van der Waals surface area contributed by atoms with Gasteiger partial charge in [-0.3, -0.25) is 19.2 Å². The van der Waals surface area contributed by atoms with Crippen LogP contribution in [0.1, 0.15) is 34.6 Å². The zero-order valence-corrected chi connectivity index (χ0v) is 18.1. The number of thiazole rings is 1. The zero-order valence-electron chi connectivity index (χ0n) is 17.3. The van der Waals surface area contributed by atoms with E-state index in [4.69, 9.17) is 9.72 Å². The van der Waals surface area contributed by atoms with Crippen molar-refractivity contribution >= 4 is 38.4 Å². The monoisotopic (exact) mass is 434 g/mol. The minimum atomic E-state index is -0.181. The van der Waals surface area contributed by atoms with Gasteiger partial charge in [0.15, 0.2) is 10.9 Å². The number of aromatic nitrogens is 3. The number of hydrogen-bond acceptors (Lipinski definition) is 6. The van der Waals surface area contributed by atoms with Crippen molar-refractivity contribution < 1.29 is 14.3 Å². The highest BCUT2D eigenvalue weighted by atomic mass is 32.1. The van der Waals surface area contributed by atoms with E-state index in [-0.39, 0.29) is 11.7 Å². The summed E-state index contributed by atoms with van der Waals surface area (Å²) in [4.78, 5) is 31.4. The molecule has 1 amide bonds. The van der Waals surface area contributed by atoms with E-state index >= 15 is 0 Å². The van der Waals surface area contributed by atoms with Gasteiger partial charge in [-0.1, -0.05) is 29.5 Å². The largest absolute Gasteiger partial charge is 0.492 e. The summed E-state index contributed by atoms with van der Waals surface area (Å²) in [6.45, 7) is 4.90. The smallest absolute Gasteiger partial charge is 0.260 e. The molecule has 0 saturated heterocycles. The minimum absolute atomic E-state index is 0.0378. The Bertz CT molecular complexity index is 1200. The molecule has 0 unspecified atom stereocenters. The first-order valence-corrected chi connectivity index (χ1v) is 10.8. The van der Waals surface area contributed by atoms with Gasteiger partial charge in [0.25, 0.3) is 5.91 Å². The normalized spacial score (nSPS) is 10.9. The second-order valence-electron chi connectivity index (χ2n) is 6.89. The molecule has 2 heterocycles. The number of para-hydroxylation sites is 1. The molecule has 8 heteroatoms. The SMILES string of the molecule is CCOc1cccc2sc(N(CCn3cccn3)C(=O)c3ccc(C(C)=O)cc3)nc12. The first-order valence-electron chi connectivity index (χ1n) is 9.99. The molecule has 0 fully saturated rings. The van der Waals surface area contributed by atoms with Crippen molar-refractivity contribution in [2.75, 3.05) is 18.1 Å². The molecular formula is C23H22N4O3S. The first-order chi connectivity index (χ1) is 15.1. The highest BCUT2D eigenvalue weighted by Crippen LogP contribution is 2.34. The number of ketones is 1. The van der Waals surface area contributed by atoms with Crippen LogP contribution in [0, 0.1) is 0 Å². The van der Waals surface area contributed by atoms with Crippen LogP contribution in [0.15, 0.2) is 60.9 Å². The molecule has 0 atom stereocenters. The van der Waals surface area contributed by atoms with E-state index in [1.807, 2.05) is 37.4 Å². The molecule has 0 spiro atoms. The molecule has 0 radical (unpaired) electrons. The molecule has 4 aromatic rings. The van der Waals surface area contributed by atoms with Gasteiger partial charge in [0.1, 0.15) is 11.3 Å². The fraction of sp³-hybridized carbons (Fsp3) is 0.217. The number of carbonyl (C=O) groups is 2. The lowest BCUT2D eigenvalue weighted by atomic mass is 10.1. The summed E-state index contributed by atoms with van der Waals surface area (Å²) >= 11 is 1.44. The van der Waals surface area contributed by atoms with Gasteiger partial charge in [-0.25, -0.2) is 4.98 Å². The van der Waals surface area contributed by atoms with Crippen molar-refractivity contribution in [3.8, 4) is 5.75 Å². The quantitative estimate of drug-likeness (QED) is 0.383. The van der Waals surface area contributed by atoms with Gasteiger partial charge in [0.2, 0.25) is 0 Å². The number of benzene rings is 2. The Labute approximate surface area is 183 Å². The maximum absolute atomic E-state index is 13.4. The van der Waals surface area contributed by atoms with Crippen LogP contribution in [0.2, 0.25) is 0 Å². The third kappa shape index (κ3) is 4.49. The van der Waals surface area contributed by atoms with Gasteiger partial charge in [-0.05, 0) is 44.2 Å². The number of fused-ring (bicyclic) bond motifs is 1. The highest BCUT2D eigenvalue weighted by molar-refractivity contribution is 7.22. The van der Waals surface area contributed by atoms with Crippen LogP contribution in [0.5, 0.6) is 5.75 Å². The molecule has 0 aliphatic heterocycles. The summed E-state index contributed by atoms with van der Waals surface area (Å²) in [5.41, 5.74) is 1.81. The van der Waals surface area contributed by atoms with E-state index in [1.165, 1.54) is 18.3 Å². The lowest BCUT2D eigenvalue weighted by Gasteiger charge is -2.20. The second-order valence-corrected chi connectivity index (χ2v) is 7.90. The molecule has 4 rings (SSSR count). The summed E-state index contributed by atoms with van der Waals surface area (Å²) in [6.07, 6.45) is 3.56. The summed E-state index contributed by atoms with van der Waals surface area (Å²) in [6, 6.07) is 14.3. The van der Waals surface area contributed by atoms with Crippen molar-refractivity contribution in [2.45, 2.75) is 20.4 Å². The van der Waals surface area contributed by atoms with Gasteiger partial charge in [0.05, 0.1) is 17.9 Å². The summed E-state index contributed by atoms with van der Waals surface area (Å²) < 4.78 is 8.43. The summed E-state index contributed by atoms with van der Waals surface area (Å²) in [5, 5.41) is 4.82. The van der Waals surface area contributed by atoms with Crippen LogP contribution in [-0.4, -0.2) is 39.6 Å². The zero-order chi connectivity index (χ0) is 21.8. The Balaban J connectivity index is 1.70. The number of ether oxygens (including phenoxy) is 1. The molecular weight excluding hydrogens is 412 g/mol. The number of carbonyl (C=O) groups excluding carboxylic acids is 2. The average Bonchev–Trinajstić information content (AvgIpc) is 3.44. The number of nitrogens with zero attached hydrogens (tertiary/aromatic N) is 4. The Hall–Kier alpha value is -3.52. The number of amides is 1. The fourth-order valence-corrected chi connectivity index (χ4v) is 4.23. The summed E-state index contributed by atoms with van der Waals surface area (Å²) in [5.74, 6) is 0.483. The second kappa shape index (κ2) is 9.09. The van der Waals surface area contributed by atoms with Crippen molar-refractivity contribution in [1.82, 2.24) is 14.8 Å². The molecule has 31 heavy (non-hydrogen) atoms. The van der Waals surface area contributed by atoms with E-state index in [2.05, 4.69) is 5.10 Å². The van der Waals surface area contributed by atoms with Crippen LogP contribution < -0.4 is 9.64 Å². The molecule has 2 aromatic carbocycles. The Morgan fingerprint density at radius 1 is 1.10 bits per heavy atom. The van der Waals surface area contributed by atoms with E-state index in [0.29, 0.717) is 41.7 Å². The van der Waals surface area contributed by atoms with Gasteiger partial charge in [0, 0.05) is 30.1 Å². The minimum Gasteiger partial charge on any atom is -0.492 e. The van der Waals surface area contributed by atoms with Crippen LogP contribution >= 0.6 is 11.3 Å². The van der Waals surface area contributed by atoms with Crippen LogP contribution in [-0.2, 0) is 6.54 Å². The molecule has 2 aromatic heterocycles. The Morgan fingerprint density at radius 2 is 1.87 bits per heavy atom. The first kappa shape index (κ1) is 20.7. The van der Waals surface area contributed by atoms with Crippen LogP contribution in [0.4, 0.5) is 5.13 Å². The number of hydrogen-bond donors (Lipinski definition) is 0. The van der Waals surface area contributed by atoms with E-state index in [9.17, 15) is 9.59 Å². The van der Waals surface area contributed by atoms with E-state index < -0.39 is 0 Å². The molecule has 0 aliphatic rings. The lowest BCUT2D eigenvalue weighted by Crippen LogP contribution is -2.34. The molecule has 158 valence electrons. The van der Waals surface area contributed by atoms with Crippen molar-refractivity contribution in [3.63, 3.8) is 0 Å². The molecule has 0 bridgehead atoms. The number of Topliss-reactive ketones (excluding diaryl/α,β-unsaturated/α-hetero) is 1. The van der Waals surface area contributed by atoms with Crippen molar-refractivity contribution in [3.05, 3.63) is 72.1 Å². The Morgan fingerprint density at radius 3 is 2.55 bits per heavy atom. The maximum Gasteiger partial charge on any atom is 0.260 e. The van der Waals surface area contributed by atoms with Gasteiger partial charge in [-0.15, -0.1) is 0 Å². The molecule has 7 nitrogen and oxygen atoms in total. The van der Waals surface area contributed by atoms with Crippen molar-refractivity contribution in [1.29, 1.82) is 0 Å². The predicted molar refractivity (Wildman–Crippen MR) is 121 cm³/mol. The van der Waals surface area contributed by atoms with E-state index in [0.717, 1.165) is 10.2 Å². The lowest BCUT2D eigenvalue weighted by molar-refractivity contribution is 0.0981. The van der Waals surface area contributed by atoms with Crippen LogP contribution in [0.25, 0.3) is 10.2 Å². The molecule has 0 N–H and O–H groups in total. The standard InChI is InChI=1S/C23H22N4O3S/c1-3-30-19-6-4-7-20-21(19)25-23(31-20)27(15-14-26-13-5-12-24-26)22(29)18-10-8-17(9-11-18)16(2)28/h4-13H,3,14-15H2,1-2H3. The molecule has 0 saturated carbocycles. The predicted octanol–water partition coefficient (Wildman–Crippen LogP) is 4.44. The molecule has 0 aliphatic carbocycles. The summed E-state index contributed by atoms with van der Waals surface area (Å²) in [7, 11) is 0. The maximum atomic E-state index is 13.4. The van der Waals surface area contributed by atoms with E-state index in [1.54, 1.807) is 40.0 Å². The number of rotatable bonds is 8. The topological polar surface area (TPSA) is 77.3 Å².